The van der Waals surface area contributed by atoms with E-state index < -0.39 is 33.4 Å². The van der Waals surface area contributed by atoms with Crippen molar-refractivity contribution in [1.29, 1.82) is 0 Å². The topological polar surface area (TPSA) is 81.7 Å². The summed E-state index contributed by atoms with van der Waals surface area (Å²) in [6.45, 7) is 1.46. The van der Waals surface area contributed by atoms with Gasteiger partial charge < -0.3 is 9.47 Å². The quantitative estimate of drug-likeness (QED) is 0.659. The highest BCUT2D eigenvalue weighted by molar-refractivity contribution is 7.92. The van der Waals surface area contributed by atoms with E-state index in [0.29, 0.717) is 6.07 Å². The first-order chi connectivity index (χ1) is 13.0. The molecule has 0 radical (unpaired) electrons. The van der Waals surface area contributed by atoms with Crippen molar-refractivity contribution in [3.8, 4) is 5.75 Å². The van der Waals surface area contributed by atoms with Crippen LogP contribution in [0.3, 0.4) is 0 Å². The van der Waals surface area contributed by atoms with Crippen LogP contribution in [-0.4, -0.2) is 27.6 Å². The molecule has 0 atom stereocenters. The smallest absolute Gasteiger partial charge is 0.418 e. The number of rotatable bonds is 7. The van der Waals surface area contributed by atoms with Gasteiger partial charge in [-0.15, -0.1) is 0 Å². The lowest BCUT2D eigenvalue weighted by molar-refractivity contribution is -0.145. The van der Waals surface area contributed by atoms with Crippen LogP contribution in [0.15, 0.2) is 47.4 Å². The fourth-order valence-corrected chi connectivity index (χ4v) is 3.36. The molecule has 0 bridgehead atoms. The van der Waals surface area contributed by atoms with E-state index >= 15 is 0 Å². The van der Waals surface area contributed by atoms with Gasteiger partial charge in [-0.2, -0.15) is 13.2 Å². The number of halogens is 4. The first kappa shape index (κ1) is 21.8. The largest absolute Gasteiger partial charge is 0.482 e. The monoisotopic (exact) mass is 437 g/mol. The summed E-state index contributed by atoms with van der Waals surface area (Å²) in [6.07, 6.45) is -4.80. The van der Waals surface area contributed by atoms with Crippen molar-refractivity contribution < 1.29 is 35.9 Å². The summed E-state index contributed by atoms with van der Waals surface area (Å²) in [5.74, 6) is -0.405. The molecular weight excluding hydrogens is 423 g/mol. The minimum atomic E-state index is -4.80. The average molecular weight is 438 g/mol. The zero-order valence-electron chi connectivity index (χ0n) is 14.4. The molecule has 0 aliphatic rings. The molecule has 11 heteroatoms. The van der Waals surface area contributed by atoms with Gasteiger partial charge >= 0.3 is 12.1 Å². The third-order valence-corrected chi connectivity index (χ3v) is 4.94. The van der Waals surface area contributed by atoms with Gasteiger partial charge in [-0.05, 0) is 49.4 Å². The fraction of sp³-hybridized carbons (Fsp3) is 0.235. The molecule has 0 saturated carbocycles. The van der Waals surface area contributed by atoms with Crippen molar-refractivity contribution in [2.75, 3.05) is 17.9 Å². The first-order valence-corrected chi connectivity index (χ1v) is 9.67. The molecule has 28 heavy (non-hydrogen) atoms. The number of nitrogens with one attached hydrogen (secondary N) is 1. The highest BCUT2D eigenvalue weighted by Crippen LogP contribution is 2.37. The predicted molar refractivity (Wildman–Crippen MR) is 95.8 cm³/mol. The van der Waals surface area contributed by atoms with Crippen molar-refractivity contribution in [2.45, 2.75) is 18.0 Å². The van der Waals surface area contributed by atoms with Crippen LogP contribution >= 0.6 is 11.6 Å². The second-order valence-corrected chi connectivity index (χ2v) is 7.48. The number of hydrogen-bond donors (Lipinski definition) is 1. The zero-order chi connectivity index (χ0) is 20.9. The third-order valence-electron chi connectivity index (χ3n) is 3.33. The van der Waals surface area contributed by atoms with E-state index in [1.165, 1.54) is 12.1 Å². The molecule has 152 valence electrons. The first-order valence-electron chi connectivity index (χ1n) is 7.81. The number of benzene rings is 2. The van der Waals surface area contributed by atoms with E-state index in [-0.39, 0.29) is 28.9 Å². The van der Waals surface area contributed by atoms with Gasteiger partial charge in [0.25, 0.3) is 10.0 Å². The molecule has 0 heterocycles. The van der Waals surface area contributed by atoms with Crippen molar-refractivity contribution in [2.24, 2.45) is 0 Å². The Morgan fingerprint density at radius 2 is 1.79 bits per heavy atom. The Morgan fingerprint density at radius 1 is 1.14 bits per heavy atom. The lowest BCUT2D eigenvalue weighted by Gasteiger charge is -2.15. The van der Waals surface area contributed by atoms with Crippen LogP contribution in [0.1, 0.15) is 12.5 Å². The van der Waals surface area contributed by atoms with Crippen LogP contribution in [0.5, 0.6) is 5.75 Å². The van der Waals surface area contributed by atoms with Crippen molar-refractivity contribution >= 4 is 33.3 Å². The Morgan fingerprint density at radius 3 is 2.36 bits per heavy atom. The number of esters is 1. The maximum Gasteiger partial charge on any atom is 0.418 e. The minimum absolute atomic E-state index is 0.182. The Kier molecular flexibility index (Phi) is 6.78. The summed E-state index contributed by atoms with van der Waals surface area (Å²) in [4.78, 5) is 10.9. The average Bonchev–Trinajstić information content (AvgIpc) is 2.61. The Bertz CT molecular complexity index is 946. The van der Waals surface area contributed by atoms with Gasteiger partial charge in [0.1, 0.15) is 5.75 Å². The third kappa shape index (κ3) is 5.77. The van der Waals surface area contributed by atoms with Gasteiger partial charge in [-0.3, -0.25) is 4.72 Å². The molecule has 0 amide bonds. The molecule has 2 aromatic carbocycles. The molecule has 2 aromatic rings. The lowest BCUT2D eigenvalue weighted by atomic mass is 10.2. The molecule has 0 spiro atoms. The highest BCUT2D eigenvalue weighted by Gasteiger charge is 2.35. The molecule has 0 aliphatic carbocycles. The summed E-state index contributed by atoms with van der Waals surface area (Å²) < 4.78 is 75.9. The summed E-state index contributed by atoms with van der Waals surface area (Å²) in [6, 6.07) is 7.49. The minimum Gasteiger partial charge on any atom is -0.482 e. The maximum absolute atomic E-state index is 13.1. The Hall–Kier alpha value is -2.46. The summed E-state index contributed by atoms with van der Waals surface area (Å²) >= 11 is 5.58. The van der Waals surface area contributed by atoms with E-state index in [9.17, 15) is 26.4 Å². The van der Waals surface area contributed by atoms with E-state index in [1.807, 2.05) is 4.72 Å². The number of carbonyl (C=O) groups excluding carboxylic acids is 1. The summed E-state index contributed by atoms with van der Waals surface area (Å²) in [5.41, 5.74) is -1.86. The second kappa shape index (κ2) is 8.70. The second-order valence-electron chi connectivity index (χ2n) is 5.36. The number of sulfonamides is 1. The molecule has 0 unspecified atom stereocenters. The zero-order valence-corrected chi connectivity index (χ0v) is 16.0. The van der Waals surface area contributed by atoms with Crippen LogP contribution in [0.2, 0.25) is 5.02 Å². The number of hydrogen-bond acceptors (Lipinski definition) is 5. The SMILES string of the molecule is CCOC(=O)COc1ccc(S(=O)(=O)Nc2ccc(Cl)cc2C(F)(F)F)cc1. The van der Waals surface area contributed by atoms with Crippen LogP contribution in [0.25, 0.3) is 0 Å². The molecule has 6 nitrogen and oxygen atoms in total. The standard InChI is InChI=1S/C17H15ClF3NO5S/c1-2-26-16(23)10-27-12-4-6-13(7-5-12)28(24,25)22-15-8-3-11(18)9-14(15)17(19,20)21/h3-9,22H,2,10H2,1H3. The number of alkyl halides is 3. The van der Waals surface area contributed by atoms with Crippen LogP contribution < -0.4 is 9.46 Å². The summed E-state index contributed by atoms with van der Waals surface area (Å²) in [7, 11) is -4.31. The normalized spacial score (nSPS) is 11.8. The number of carbonyl (C=O) groups is 1. The molecule has 0 saturated heterocycles. The van der Waals surface area contributed by atoms with Crippen LogP contribution in [-0.2, 0) is 25.7 Å². The van der Waals surface area contributed by atoms with Gasteiger partial charge in [-0.25, -0.2) is 13.2 Å². The molecular formula is C17H15ClF3NO5S. The number of anilines is 1. The number of ether oxygens (including phenoxy) is 2. The van der Waals surface area contributed by atoms with Crippen molar-refractivity contribution in [3.63, 3.8) is 0 Å². The van der Waals surface area contributed by atoms with E-state index in [4.69, 9.17) is 16.3 Å². The van der Waals surface area contributed by atoms with Gasteiger partial charge in [0.05, 0.1) is 22.8 Å². The van der Waals surface area contributed by atoms with Crippen LogP contribution in [0.4, 0.5) is 18.9 Å². The van der Waals surface area contributed by atoms with Crippen molar-refractivity contribution in [3.05, 3.63) is 53.1 Å². The lowest BCUT2D eigenvalue weighted by Crippen LogP contribution is -2.17. The van der Waals surface area contributed by atoms with E-state index in [0.717, 1.165) is 24.3 Å². The molecule has 0 aliphatic heterocycles. The van der Waals surface area contributed by atoms with E-state index in [2.05, 4.69) is 4.74 Å². The molecule has 0 fully saturated rings. The predicted octanol–water partition coefficient (Wildman–Crippen LogP) is 4.10. The Balaban J connectivity index is 2.19. The van der Waals surface area contributed by atoms with Gasteiger partial charge in [-0.1, -0.05) is 11.6 Å². The highest BCUT2D eigenvalue weighted by atomic mass is 35.5. The van der Waals surface area contributed by atoms with Crippen LogP contribution in [0, 0.1) is 0 Å². The van der Waals surface area contributed by atoms with Gasteiger partial charge in [0, 0.05) is 5.02 Å². The maximum atomic E-state index is 13.1. The van der Waals surface area contributed by atoms with E-state index in [1.54, 1.807) is 6.92 Å². The molecule has 2 rings (SSSR count). The molecule has 1 N–H and O–H groups in total. The van der Waals surface area contributed by atoms with Crippen molar-refractivity contribution in [1.82, 2.24) is 0 Å². The van der Waals surface area contributed by atoms with Gasteiger partial charge in [0.15, 0.2) is 6.61 Å². The van der Waals surface area contributed by atoms with Gasteiger partial charge in [0.2, 0.25) is 0 Å². The Labute approximate surface area is 164 Å². The fourth-order valence-electron chi connectivity index (χ4n) is 2.10. The molecule has 0 aromatic heterocycles. The summed E-state index contributed by atoms with van der Waals surface area (Å²) in [5, 5.41) is -0.182.